The van der Waals surface area contributed by atoms with Gasteiger partial charge in [-0.1, -0.05) is 6.08 Å². The zero-order valence-corrected chi connectivity index (χ0v) is 7.36. The number of fused-ring (bicyclic) bond motifs is 1. The van der Waals surface area contributed by atoms with Gasteiger partial charge in [0.05, 0.1) is 11.8 Å². The number of hydrogen-bond donors (Lipinski definition) is 0. The fraction of sp³-hybridized carbons (Fsp3) is 0.500. The molecule has 2 atom stereocenters. The lowest BCUT2D eigenvalue weighted by molar-refractivity contribution is -0.140. The van der Waals surface area contributed by atoms with Crippen LogP contribution in [0.25, 0.3) is 0 Å². The molecule has 1 saturated heterocycles. The van der Waals surface area contributed by atoms with Crippen LogP contribution < -0.4 is 0 Å². The minimum atomic E-state index is -0.275. The van der Waals surface area contributed by atoms with Crippen molar-refractivity contribution in [3.05, 3.63) is 11.5 Å². The maximum atomic E-state index is 10.9. The van der Waals surface area contributed by atoms with E-state index in [9.17, 15) is 9.00 Å². The van der Waals surface area contributed by atoms with Crippen LogP contribution >= 0.6 is 0 Å². The highest BCUT2D eigenvalue weighted by Gasteiger charge is 2.38. The molecule has 1 amide bonds. The highest BCUT2D eigenvalue weighted by Crippen LogP contribution is 2.25. The van der Waals surface area contributed by atoms with Gasteiger partial charge in [0.1, 0.15) is 10.2 Å². The number of β-lactam (4-membered cyclic amide) rings is 1. The van der Waals surface area contributed by atoms with Crippen LogP contribution in [0.15, 0.2) is 11.5 Å². The van der Waals surface area contributed by atoms with Crippen molar-refractivity contribution in [1.29, 1.82) is 0 Å². The molecule has 0 aromatic rings. The number of carbonyl (C=O) groups is 1. The summed E-state index contributed by atoms with van der Waals surface area (Å²) < 4.78 is 10.5. The van der Waals surface area contributed by atoms with Crippen molar-refractivity contribution in [3.63, 3.8) is 0 Å². The summed E-state index contributed by atoms with van der Waals surface area (Å²) >= 11 is 0. The van der Waals surface area contributed by atoms with Crippen molar-refractivity contribution < 1.29 is 9.00 Å². The Hall–Kier alpha value is -0.420. The van der Waals surface area contributed by atoms with E-state index in [2.05, 4.69) is 0 Å². The molecule has 0 aromatic carbocycles. The second kappa shape index (κ2) is 2.57. The van der Waals surface area contributed by atoms with Gasteiger partial charge in [0.25, 0.3) is 0 Å². The molecular formula is C6H7NO2S2. The first kappa shape index (κ1) is 7.24. The maximum Gasteiger partial charge on any atom is 0.226 e. The lowest BCUT2D eigenvalue weighted by Crippen LogP contribution is -2.55. The number of rotatable bonds is 0. The summed E-state index contributed by atoms with van der Waals surface area (Å²) in [5, 5.41) is 2.15. The van der Waals surface area contributed by atoms with Crippen LogP contribution in [0.5, 0.6) is 0 Å². The van der Waals surface area contributed by atoms with Crippen LogP contribution in [0.4, 0.5) is 0 Å². The Kier molecular flexibility index (Phi) is 1.69. The quantitative estimate of drug-likeness (QED) is 0.496. The second-order valence-corrected chi connectivity index (χ2v) is 5.65. The molecule has 0 saturated carbocycles. The van der Waals surface area contributed by atoms with Crippen LogP contribution in [0, 0.1) is 0 Å². The van der Waals surface area contributed by atoms with Gasteiger partial charge in [0.15, 0.2) is 0 Å². The Morgan fingerprint density at radius 1 is 1.73 bits per heavy atom. The van der Waals surface area contributed by atoms with Crippen molar-refractivity contribution in [3.8, 4) is 0 Å². The van der Waals surface area contributed by atoms with Gasteiger partial charge in [-0.05, 0) is 14.9 Å². The minimum absolute atomic E-state index is 0.186. The van der Waals surface area contributed by atoms with Crippen molar-refractivity contribution in [2.75, 3.05) is 6.54 Å². The molecule has 2 unspecified atom stereocenters. The Morgan fingerprint density at radius 2 is 2.55 bits per heavy atom. The van der Waals surface area contributed by atoms with E-state index in [-0.39, 0.29) is 20.7 Å². The van der Waals surface area contributed by atoms with E-state index in [0.29, 0.717) is 23.2 Å². The molecule has 0 radical (unpaired) electrons. The Morgan fingerprint density at radius 3 is 3.18 bits per heavy atom. The summed E-state index contributed by atoms with van der Waals surface area (Å²) in [7, 11) is 0.333. The first-order valence-corrected chi connectivity index (χ1v) is 5.92. The lowest BCUT2D eigenvalue weighted by atomic mass is 10.2. The van der Waals surface area contributed by atoms with E-state index in [4.69, 9.17) is 0 Å². The zero-order chi connectivity index (χ0) is 7.84. The topological polar surface area (TPSA) is 37.4 Å². The van der Waals surface area contributed by atoms with E-state index in [1.54, 1.807) is 4.90 Å². The van der Waals surface area contributed by atoms with E-state index < -0.39 is 0 Å². The average molecular weight is 189 g/mol. The van der Waals surface area contributed by atoms with Crippen LogP contribution in [-0.4, -0.2) is 26.9 Å². The molecule has 0 bridgehead atoms. The van der Waals surface area contributed by atoms with Crippen molar-refractivity contribution in [1.82, 2.24) is 4.90 Å². The zero-order valence-electron chi connectivity index (χ0n) is 5.73. The van der Waals surface area contributed by atoms with Crippen molar-refractivity contribution >= 4 is 25.6 Å². The summed E-state index contributed by atoms with van der Waals surface area (Å²) in [5.41, 5.74) is 0. The smallest absolute Gasteiger partial charge is 0.226 e. The third-order valence-electron chi connectivity index (χ3n) is 1.90. The average Bonchev–Trinajstić information content (AvgIpc) is 2.03. The van der Waals surface area contributed by atoms with Crippen LogP contribution in [-0.2, 0) is 24.5 Å². The number of nitrogens with zero attached hydrogens (tertiary/aromatic N) is 1. The molecule has 0 aromatic heterocycles. The third-order valence-corrected chi connectivity index (χ3v) is 4.94. The summed E-state index contributed by atoms with van der Waals surface area (Å²) in [4.78, 5) is 12.7. The third kappa shape index (κ3) is 0.990. The normalized spacial score (nSPS) is 34.5. The van der Waals surface area contributed by atoms with E-state index in [1.807, 2.05) is 11.5 Å². The summed E-state index contributed by atoms with van der Waals surface area (Å²) in [5.74, 6) is 0.186. The SMILES string of the molecule is O=S=S1C=CCN2C(=O)CC21. The van der Waals surface area contributed by atoms with Gasteiger partial charge in [-0.25, -0.2) is 4.21 Å². The largest absolute Gasteiger partial charge is 0.326 e. The molecule has 0 aliphatic carbocycles. The molecule has 0 N–H and O–H groups in total. The fourth-order valence-corrected chi connectivity index (χ4v) is 3.78. The van der Waals surface area contributed by atoms with Gasteiger partial charge in [0, 0.05) is 6.54 Å². The highest BCUT2D eigenvalue weighted by atomic mass is 32.8. The predicted octanol–water partition coefficient (Wildman–Crippen LogP) is -0.182. The Balaban J connectivity index is 2.31. The molecule has 11 heavy (non-hydrogen) atoms. The predicted molar refractivity (Wildman–Crippen MR) is 44.8 cm³/mol. The monoisotopic (exact) mass is 189 g/mol. The summed E-state index contributed by atoms with van der Waals surface area (Å²) in [6.45, 7) is 0.702. The van der Waals surface area contributed by atoms with E-state index >= 15 is 0 Å². The van der Waals surface area contributed by atoms with Crippen LogP contribution in [0.1, 0.15) is 6.42 Å². The molecule has 2 rings (SSSR count). The number of carbonyl (C=O) groups excluding carboxylic acids is 1. The fourth-order valence-electron chi connectivity index (χ4n) is 1.26. The van der Waals surface area contributed by atoms with Gasteiger partial charge in [0.2, 0.25) is 5.91 Å². The molecule has 1 fully saturated rings. The molecule has 3 nitrogen and oxygen atoms in total. The summed E-state index contributed by atoms with van der Waals surface area (Å²) in [6.07, 6.45) is 2.48. The first-order valence-electron chi connectivity index (χ1n) is 3.31. The van der Waals surface area contributed by atoms with Crippen LogP contribution in [0.2, 0.25) is 0 Å². The standard InChI is InChI=1S/C6H7NO2S2/c8-5-4-6-7(5)2-1-3-11(6)10-9/h1,3,6H,2,4H2. The maximum absolute atomic E-state index is 10.9. The molecule has 0 spiro atoms. The van der Waals surface area contributed by atoms with E-state index in [0.717, 1.165) is 0 Å². The van der Waals surface area contributed by atoms with Crippen molar-refractivity contribution in [2.24, 2.45) is 0 Å². The molecular weight excluding hydrogens is 182 g/mol. The minimum Gasteiger partial charge on any atom is -0.326 e. The number of amides is 1. The van der Waals surface area contributed by atoms with Gasteiger partial charge in [-0.15, -0.1) is 0 Å². The number of hydrogen-bond acceptors (Lipinski definition) is 2. The van der Waals surface area contributed by atoms with Gasteiger partial charge < -0.3 is 4.90 Å². The highest BCUT2D eigenvalue weighted by molar-refractivity contribution is 8.33. The van der Waals surface area contributed by atoms with Gasteiger partial charge >= 0.3 is 0 Å². The first-order chi connectivity index (χ1) is 5.33. The molecule has 5 heteroatoms. The molecule has 60 valence electrons. The summed E-state index contributed by atoms with van der Waals surface area (Å²) in [6, 6.07) is 0. The second-order valence-electron chi connectivity index (χ2n) is 2.47. The van der Waals surface area contributed by atoms with Gasteiger partial charge in [-0.3, -0.25) is 4.79 Å². The molecule has 2 heterocycles. The Bertz CT molecular complexity index is 293. The lowest BCUT2D eigenvalue weighted by Gasteiger charge is -2.41. The van der Waals surface area contributed by atoms with Crippen LogP contribution in [0.3, 0.4) is 0 Å². The molecule has 2 aliphatic heterocycles. The molecule has 2 aliphatic rings. The van der Waals surface area contributed by atoms with Crippen molar-refractivity contribution in [2.45, 2.75) is 11.8 Å². The van der Waals surface area contributed by atoms with Gasteiger partial charge in [-0.2, -0.15) is 0 Å². The van der Waals surface area contributed by atoms with E-state index in [1.165, 1.54) is 0 Å². The Labute approximate surface area is 69.7 Å².